The molecule has 3 rings (SSSR count). The number of amides is 2. The van der Waals surface area contributed by atoms with Gasteiger partial charge in [-0.3, -0.25) is 0 Å². The van der Waals surface area contributed by atoms with Crippen LogP contribution in [0.3, 0.4) is 0 Å². The number of rotatable bonds is 3. The second-order valence-electron chi connectivity index (χ2n) is 6.89. The van der Waals surface area contributed by atoms with Crippen molar-refractivity contribution in [1.82, 2.24) is 10.2 Å². The summed E-state index contributed by atoms with van der Waals surface area (Å²) in [6.07, 6.45) is 3.66. The van der Waals surface area contributed by atoms with Crippen LogP contribution < -0.4 is 10.2 Å². The molecule has 0 saturated carbocycles. The fourth-order valence-electron chi connectivity index (χ4n) is 3.30. The lowest BCUT2D eigenvalue weighted by molar-refractivity contribution is 0.198. The maximum atomic E-state index is 12.4. The van der Waals surface area contributed by atoms with Gasteiger partial charge in [0.25, 0.3) is 0 Å². The molecule has 1 N–H and O–H groups in total. The van der Waals surface area contributed by atoms with E-state index in [0.717, 1.165) is 31.7 Å². The summed E-state index contributed by atoms with van der Waals surface area (Å²) in [5.41, 5.74) is 6.21. The van der Waals surface area contributed by atoms with Crippen molar-refractivity contribution in [2.75, 3.05) is 31.1 Å². The van der Waals surface area contributed by atoms with E-state index in [1.54, 1.807) is 6.20 Å². The molecular weight excluding hydrogens is 358 g/mol. The van der Waals surface area contributed by atoms with E-state index in [1.165, 1.54) is 22.4 Å². The molecule has 1 heterocycles. The first-order valence-electron chi connectivity index (χ1n) is 9.14. The molecule has 2 aromatic rings. The maximum absolute atomic E-state index is 12.4. The molecule has 1 fully saturated rings. The Balaban J connectivity index is 0.00000261. The third kappa shape index (κ3) is 5.27. The molecule has 144 valence electrons. The summed E-state index contributed by atoms with van der Waals surface area (Å²) in [4.78, 5) is 16.6. The molecule has 1 aliphatic rings. The fraction of sp³-hybridized carbons (Fsp3) is 0.318. The summed E-state index contributed by atoms with van der Waals surface area (Å²) in [7, 11) is 0. The molecule has 27 heavy (non-hydrogen) atoms. The van der Waals surface area contributed by atoms with Crippen LogP contribution >= 0.6 is 12.4 Å². The number of halogens is 1. The smallest absolute Gasteiger partial charge is 0.321 e. The number of nitrogens with one attached hydrogen (secondary N) is 1. The second-order valence-corrected chi connectivity index (χ2v) is 6.89. The van der Waals surface area contributed by atoms with Crippen molar-refractivity contribution < 1.29 is 4.79 Å². The van der Waals surface area contributed by atoms with Gasteiger partial charge in [-0.05, 0) is 49.6 Å². The summed E-state index contributed by atoms with van der Waals surface area (Å²) in [6.45, 7) is 9.56. The summed E-state index contributed by atoms with van der Waals surface area (Å²) in [5.74, 6) is 0. The number of anilines is 1. The predicted molar refractivity (Wildman–Crippen MR) is 116 cm³/mol. The minimum Gasteiger partial charge on any atom is -0.368 e. The number of carbonyl (C=O) groups excluding carboxylic acids is 1. The molecular formula is C22H28ClN3O. The Hall–Kier alpha value is -2.46. The molecule has 0 atom stereocenters. The zero-order valence-corrected chi connectivity index (χ0v) is 17.1. The van der Waals surface area contributed by atoms with E-state index >= 15 is 0 Å². The van der Waals surface area contributed by atoms with Crippen molar-refractivity contribution in [2.45, 2.75) is 20.8 Å². The SMILES string of the molecule is Cc1cccc(/C=C/NC(=O)N2CCN(c3cccc(C)c3C)CC2)c1.Cl. The zero-order valence-electron chi connectivity index (χ0n) is 16.2. The average molecular weight is 386 g/mol. The van der Waals surface area contributed by atoms with E-state index in [1.807, 2.05) is 23.1 Å². The Morgan fingerprint density at radius 2 is 1.70 bits per heavy atom. The third-order valence-electron chi connectivity index (χ3n) is 5.01. The van der Waals surface area contributed by atoms with Gasteiger partial charge in [-0.25, -0.2) is 4.79 Å². The lowest BCUT2D eigenvalue weighted by Gasteiger charge is -2.36. The highest BCUT2D eigenvalue weighted by Crippen LogP contribution is 2.23. The van der Waals surface area contributed by atoms with Crippen LogP contribution in [0.4, 0.5) is 10.5 Å². The van der Waals surface area contributed by atoms with Gasteiger partial charge in [-0.15, -0.1) is 12.4 Å². The predicted octanol–water partition coefficient (Wildman–Crippen LogP) is 4.54. The summed E-state index contributed by atoms with van der Waals surface area (Å²) < 4.78 is 0. The first kappa shape index (κ1) is 20.8. The number of aryl methyl sites for hydroxylation is 2. The van der Waals surface area contributed by atoms with Crippen molar-refractivity contribution in [3.05, 3.63) is 70.9 Å². The molecule has 0 aromatic heterocycles. The fourth-order valence-corrected chi connectivity index (χ4v) is 3.30. The highest BCUT2D eigenvalue weighted by molar-refractivity contribution is 5.85. The van der Waals surface area contributed by atoms with Crippen LogP contribution in [0.2, 0.25) is 0 Å². The van der Waals surface area contributed by atoms with Crippen LogP contribution in [0.25, 0.3) is 6.08 Å². The largest absolute Gasteiger partial charge is 0.368 e. The number of piperazine rings is 1. The second kappa shape index (κ2) is 9.47. The lowest BCUT2D eigenvalue weighted by atomic mass is 10.1. The van der Waals surface area contributed by atoms with E-state index in [9.17, 15) is 4.79 Å². The van der Waals surface area contributed by atoms with Gasteiger partial charge >= 0.3 is 6.03 Å². The lowest BCUT2D eigenvalue weighted by Crippen LogP contribution is -2.51. The Labute approximate surface area is 168 Å². The molecule has 2 aromatic carbocycles. The number of carbonyl (C=O) groups is 1. The summed E-state index contributed by atoms with van der Waals surface area (Å²) in [6, 6.07) is 14.6. The van der Waals surface area contributed by atoms with Crippen molar-refractivity contribution in [2.24, 2.45) is 0 Å². The van der Waals surface area contributed by atoms with E-state index in [2.05, 4.69) is 61.3 Å². The standard InChI is InChI=1S/C22H27N3O.ClH/c1-17-6-4-8-20(16-17)10-11-23-22(26)25-14-12-24(13-15-25)21-9-5-7-18(2)19(21)3;/h4-11,16H,12-15H2,1-3H3,(H,23,26);1H/b11-10+;. The van der Waals surface area contributed by atoms with Crippen LogP contribution in [0.15, 0.2) is 48.7 Å². The quantitative estimate of drug-likeness (QED) is 0.842. The molecule has 0 spiro atoms. The van der Waals surface area contributed by atoms with Gasteiger partial charge in [0.15, 0.2) is 0 Å². The van der Waals surface area contributed by atoms with E-state index in [0.29, 0.717) is 0 Å². The van der Waals surface area contributed by atoms with E-state index < -0.39 is 0 Å². The van der Waals surface area contributed by atoms with Crippen molar-refractivity contribution in [3.63, 3.8) is 0 Å². The molecule has 1 aliphatic heterocycles. The van der Waals surface area contributed by atoms with Crippen molar-refractivity contribution in [3.8, 4) is 0 Å². The van der Waals surface area contributed by atoms with Gasteiger partial charge < -0.3 is 15.1 Å². The van der Waals surface area contributed by atoms with Crippen molar-refractivity contribution >= 4 is 30.2 Å². The molecule has 0 bridgehead atoms. The molecule has 0 aliphatic carbocycles. The number of benzene rings is 2. The molecule has 0 radical (unpaired) electrons. The Morgan fingerprint density at radius 1 is 1.00 bits per heavy atom. The average Bonchev–Trinajstić information content (AvgIpc) is 2.64. The monoisotopic (exact) mass is 385 g/mol. The van der Waals surface area contributed by atoms with Gasteiger partial charge in [0.1, 0.15) is 0 Å². The summed E-state index contributed by atoms with van der Waals surface area (Å²) in [5, 5.41) is 2.88. The minimum absolute atomic E-state index is 0. The topological polar surface area (TPSA) is 35.6 Å². The Bertz CT molecular complexity index is 811. The van der Waals surface area contributed by atoms with Gasteiger partial charge in [-0.2, -0.15) is 0 Å². The third-order valence-corrected chi connectivity index (χ3v) is 5.01. The minimum atomic E-state index is -0.0329. The van der Waals surface area contributed by atoms with Crippen molar-refractivity contribution in [1.29, 1.82) is 0 Å². The number of nitrogens with zero attached hydrogens (tertiary/aromatic N) is 2. The van der Waals surface area contributed by atoms with Gasteiger partial charge in [0.2, 0.25) is 0 Å². The number of urea groups is 1. The van der Waals surface area contributed by atoms with Crippen LogP contribution in [0.5, 0.6) is 0 Å². The molecule has 4 nitrogen and oxygen atoms in total. The molecule has 1 saturated heterocycles. The first-order chi connectivity index (χ1) is 12.5. The van der Waals surface area contributed by atoms with Crippen LogP contribution in [-0.2, 0) is 0 Å². The normalized spacial score (nSPS) is 14.2. The van der Waals surface area contributed by atoms with E-state index in [4.69, 9.17) is 0 Å². The van der Waals surface area contributed by atoms with Crippen LogP contribution in [0, 0.1) is 20.8 Å². The van der Waals surface area contributed by atoms with Crippen LogP contribution in [-0.4, -0.2) is 37.1 Å². The van der Waals surface area contributed by atoms with Gasteiger partial charge in [0.05, 0.1) is 0 Å². The first-order valence-corrected chi connectivity index (χ1v) is 9.14. The highest BCUT2D eigenvalue weighted by atomic mass is 35.5. The van der Waals surface area contributed by atoms with E-state index in [-0.39, 0.29) is 18.4 Å². The molecule has 5 heteroatoms. The van der Waals surface area contributed by atoms with Gasteiger partial charge in [0, 0.05) is 38.1 Å². The Morgan fingerprint density at radius 3 is 2.41 bits per heavy atom. The molecule has 0 unspecified atom stereocenters. The van der Waals surface area contributed by atoms with Gasteiger partial charge in [-0.1, -0.05) is 42.0 Å². The zero-order chi connectivity index (χ0) is 18.5. The number of hydrogen-bond acceptors (Lipinski definition) is 2. The number of hydrogen-bond donors (Lipinski definition) is 1. The summed E-state index contributed by atoms with van der Waals surface area (Å²) >= 11 is 0. The highest BCUT2D eigenvalue weighted by Gasteiger charge is 2.21. The Kier molecular flexibility index (Phi) is 7.31. The maximum Gasteiger partial charge on any atom is 0.321 e. The molecule has 2 amide bonds. The van der Waals surface area contributed by atoms with Crippen LogP contribution in [0.1, 0.15) is 22.3 Å².